The van der Waals surface area contributed by atoms with Crippen LogP contribution in [0.5, 0.6) is 0 Å². The van der Waals surface area contributed by atoms with Gasteiger partial charge in [0.15, 0.2) is 5.78 Å². The number of fused-ring (bicyclic) bond motifs is 1. The number of rotatable bonds is 2. The molecule has 4 rings (SSSR count). The van der Waals surface area contributed by atoms with Gasteiger partial charge >= 0.3 is 0 Å². The SMILES string of the molecule is CC1=C(Cc2cc(C)[nH]c2C)C2=C(C)C3(CC3)[C@@](C)(O)C(=O)C2=C1. The molecule has 3 aliphatic carbocycles. The summed E-state index contributed by atoms with van der Waals surface area (Å²) in [4.78, 5) is 16.3. The number of ketones is 1. The van der Waals surface area contributed by atoms with E-state index in [0.717, 1.165) is 30.4 Å². The first-order valence-corrected chi connectivity index (χ1v) is 8.75. The maximum Gasteiger partial charge on any atom is 0.195 e. The van der Waals surface area contributed by atoms with Gasteiger partial charge < -0.3 is 10.1 Å². The van der Waals surface area contributed by atoms with Gasteiger partial charge in [0.2, 0.25) is 0 Å². The van der Waals surface area contributed by atoms with Crippen LogP contribution in [0.1, 0.15) is 50.6 Å². The number of allylic oxidation sites excluding steroid dienone is 4. The number of Topliss-reactive ketones (excluding diaryl/α,β-unsaturated/α-hetero) is 1. The van der Waals surface area contributed by atoms with Gasteiger partial charge in [-0.15, -0.1) is 0 Å². The lowest BCUT2D eigenvalue weighted by Gasteiger charge is -2.39. The topological polar surface area (TPSA) is 53.1 Å². The summed E-state index contributed by atoms with van der Waals surface area (Å²) in [5, 5.41) is 10.9. The fourth-order valence-electron chi connectivity index (χ4n) is 4.80. The first-order chi connectivity index (χ1) is 11.2. The summed E-state index contributed by atoms with van der Waals surface area (Å²) in [6, 6.07) is 2.19. The Hall–Kier alpha value is -1.87. The van der Waals surface area contributed by atoms with Gasteiger partial charge in [-0.05, 0) is 81.9 Å². The van der Waals surface area contributed by atoms with E-state index in [4.69, 9.17) is 0 Å². The lowest BCUT2D eigenvalue weighted by atomic mass is 9.67. The highest BCUT2D eigenvalue weighted by Crippen LogP contribution is 2.65. The zero-order valence-corrected chi connectivity index (χ0v) is 15.1. The second kappa shape index (κ2) is 4.60. The summed E-state index contributed by atoms with van der Waals surface area (Å²) in [6.07, 6.45) is 4.63. The van der Waals surface area contributed by atoms with Crippen LogP contribution in [0.15, 0.2) is 40.0 Å². The van der Waals surface area contributed by atoms with Crippen molar-refractivity contribution in [3.63, 3.8) is 0 Å². The summed E-state index contributed by atoms with van der Waals surface area (Å²) < 4.78 is 0. The summed E-state index contributed by atoms with van der Waals surface area (Å²) in [5.41, 5.74) is 7.47. The number of nitrogens with one attached hydrogen (secondary N) is 1. The van der Waals surface area contributed by atoms with Crippen LogP contribution in [0.4, 0.5) is 0 Å². The molecule has 1 atom stereocenters. The molecule has 1 fully saturated rings. The van der Waals surface area contributed by atoms with Gasteiger partial charge in [-0.1, -0.05) is 5.57 Å². The number of carbonyl (C=O) groups is 1. The van der Waals surface area contributed by atoms with E-state index in [1.165, 1.54) is 28.1 Å². The predicted molar refractivity (Wildman–Crippen MR) is 94.8 cm³/mol. The molecule has 2 N–H and O–H groups in total. The zero-order valence-electron chi connectivity index (χ0n) is 15.1. The first-order valence-electron chi connectivity index (χ1n) is 8.75. The maximum atomic E-state index is 13.0. The van der Waals surface area contributed by atoms with E-state index in [1.54, 1.807) is 6.92 Å². The van der Waals surface area contributed by atoms with Crippen LogP contribution in [-0.4, -0.2) is 21.5 Å². The molecule has 3 nitrogen and oxygen atoms in total. The molecule has 3 heteroatoms. The third-order valence-electron chi connectivity index (χ3n) is 6.49. The molecule has 1 spiro atoms. The van der Waals surface area contributed by atoms with Gasteiger partial charge in [0.1, 0.15) is 5.60 Å². The number of aryl methyl sites for hydroxylation is 2. The number of hydrogen-bond acceptors (Lipinski definition) is 2. The number of aromatic amines is 1. The van der Waals surface area contributed by atoms with Crippen LogP contribution in [0.2, 0.25) is 0 Å². The minimum absolute atomic E-state index is 0.100. The van der Waals surface area contributed by atoms with Crippen LogP contribution >= 0.6 is 0 Å². The van der Waals surface area contributed by atoms with Crippen molar-refractivity contribution in [2.24, 2.45) is 5.41 Å². The van der Waals surface area contributed by atoms with E-state index in [0.29, 0.717) is 5.57 Å². The monoisotopic (exact) mass is 323 g/mol. The second-order valence-corrected chi connectivity index (χ2v) is 7.98. The van der Waals surface area contributed by atoms with Gasteiger partial charge in [-0.2, -0.15) is 0 Å². The lowest BCUT2D eigenvalue weighted by molar-refractivity contribution is -0.137. The Morgan fingerprint density at radius 1 is 1.21 bits per heavy atom. The smallest absolute Gasteiger partial charge is 0.195 e. The van der Waals surface area contributed by atoms with E-state index in [-0.39, 0.29) is 11.2 Å². The highest BCUT2D eigenvalue weighted by atomic mass is 16.3. The molecule has 0 radical (unpaired) electrons. The fraction of sp³-hybridized carbons (Fsp3) is 0.476. The van der Waals surface area contributed by atoms with Crippen LogP contribution in [0.3, 0.4) is 0 Å². The maximum absolute atomic E-state index is 13.0. The van der Waals surface area contributed by atoms with Gasteiger partial charge in [-0.25, -0.2) is 0 Å². The van der Waals surface area contributed by atoms with Crippen molar-refractivity contribution in [3.05, 3.63) is 57.0 Å². The van der Waals surface area contributed by atoms with Crippen molar-refractivity contribution >= 4 is 5.78 Å². The summed E-state index contributed by atoms with van der Waals surface area (Å²) in [5.74, 6) is -0.100. The van der Waals surface area contributed by atoms with Gasteiger partial charge in [0.25, 0.3) is 0 Å². The van der Waals surface area contributed by atoms with E-state index in [2.05, 4.69) is 38.7 Å². The Kier molecular flexibility index (Phi) is 3.00. The molecule has 0 saturated heterocycles. The molecular formula is C21H25NO2. The average molecular weight is 323 g/mol. The third kappa shape index (κ3) is 1.79. The second-order valence-electron chi connectivity index (χ2n) is 7.98. The largest absolute Gasteiger partial charge is 0.381 e. The van der Waals surface area contributed by atoms with E-state index in [9.17, 15) is 9.90 Å². The highest BCUT2D eigenvalue weighted by Gasteiger charge is 2.64. The molecule has 0 aromatic carbocycles. The van der Waals surface area contributed by atoms with Gasteiger partial charge in [0.05, 0.1) is 0 Å². The van der Waals surface area contributed by atoms with E-state index >= 15 is 0 Å². The first kappa shape index (κ1) is 15.6. The molecule has 1 aromatic heterocycles. The Morgan fingerprint density at radius 2 is 1.88 bits per heavy atom. The Balaban J connectivity index is 1.83. The molecule has 0 bridgehead atoms. The Morgan fingerprint density at radius 3 is 2.42 bits per heavy atom. The average Bonchev–Trinajstić information content (AvgIpc) is 3.18. The molecule has 0 unspecified atom stereocenters. The van der Waals surface area contributed by atoms with Crippen molar-refractivity contribution in [3.8, 4) is 0 Å². The minimum Gasteiger partial charge on any atom is -0.381 e. The minimum atomic E-state index is -1.26. The Labute approximate surface area is 143 Å². The molecule has 126 valence electrons. The Bertz CT molecular complexity index is 870. The number of aliphatic hydroxyl groups is 1. The normalized spacial score (nSPS) is 27.9. The molecule has 0 amide bonds. The van der Waals surface area contributed by atoms with Gasteiger partial charge in [0, 0.05) is 28.8 Å². The number of aromatic nitrogens is 1. The summed E-state index contributed by atoms with van der Waals surface area (Å²) >= 11 is 0. The van der Waals surface area contributed by atoms with Crippen molar-refractivity contribution in [2.75, 3.05) is 0 Å². The lowest BCUT2D eigenvalue weighted by Crippen LogP contribution is -2.49. The molecule has 1 heterocycles. The highest BCUT2D eigenvalue weighted by molar-refractivity contribution is 6.10. The third-order valence-corrected chi connectivity index (χ3v) is 6.49. The van der Waals surface area contributed by atoms with E-state index in [1.807, 2.05) is 6.08 Å². The van der Waals surface area contributed by atoms with Crippen LogP contribution < -0.4 is 0 Å². The molecule has 1 saturated carbocycles. The number of carbonyl (C=O) groups excluding carboxylic acids is 1. The predicted octanol–water partition coefficient (Wildman–Crippen LogP) is 3.86. The quantitative estimate of drug-likeness (QED) is 0.868. The fourth-order valence-corrected chi connectivity index (χ4v) is 4.80. The van der Waals surface area contributed by atoms with E-state index < -0.39 is 5.60 Å². The molecule has 1 aromatic rings. The van der Waals surface area contributed by atoms with Crippen molar-refractivity contribution in [2.45, 2.75) is 59.5 Å². The molecular weight excluding hydrogens is 298 g/mol. The summed E-state index contributed by atoms with van der Waals surface area (Å²) in [6.45, 7) is 10.1. The molecule has 3 aliphatic rings. The standard InChI is InChI=1S/C21H25NO2/c1-11-8-17-18(16(11)10-15-9-12(2)22-14(15)4)13(3)21(6-7-21)20(5,24)19(17)23/h8-9,22,24H,6-7,10H2,1-5H3/t20-/m0/s1. The molecule has 0 aliphatic heterocycles. The van der Waals surface area contributed by atoms with Crippen LogP contribution in [-0.2, 0) is 11.2 Å². The number of hydrogen-bond donors (Lipinski definition) is 2. The van der Waals surface area contributed by atoms with Crippen LogP contribution in [0.25, 0.3) is 0 Å². The van der Waals surface area contributed by atoms with Crippen LogP contribution in [0, 0.1) is 19.3 Å². The van der Waals surface area contributed by atoms with Crippen molar-refractivity contribution in [1.29, 1.82) is 0 Å². The van der Waals surface area contributed by atoms with Crippen molar-refractivity contribution < 1.29 is 9.90 Å². The van der Waals surface area contributed by atoms with Crippen molar-refractivity contribution in [1.82, 2.24) is 4.98 Å². The molecule has 24 heavy (non-hydrogen) atoms. The van der Waals surface area contributed by atoms with Gasteiger partial charge in [-0.3, -0.25) is 4.79 Å². The zero-order chi connectivity index (χ0) is 17.4. The summed E-state index contributed by atoms with van der Waals surface area (Å²) in [7, 11) is 0. The number of H-pyrrole nitrogens is 1.